The molecular weight excluding hydrogens is 362 g/mol. The number of likely N-dealkylation sites (tertiary alicyclic amines) is 1. The van der Waals surface area contributed by atoms with Crippen LogP contribution >= 0.6 is 0 Å². The number of hydrazone groups is 1. The number of carbonyl (C=O) groups is 2. The Labute approximate surface area is 174 Å². The lowest BCUT2D eigenvalue weighted by Gasteiger charge is -2.41. The Kier molecular flexibility index (Phi) is 6.88. The van der Waals surface area contributed by atoms with Crippen molar-refractivity contribution in [3.8, 4) is 0 Å². The zero-order valence-electron chi connectivity index (χ0n) is 18.0. The second kappa shape index (κ2) is 9.38. The van der Waals surface area contributed by atoms with Crippen molar-refractivity contribution in [1.82, 2.24) is 9.91 Å². The lowest BCUT2D eigenvalue weighted by molar-refractivity contribution is -0.139. The quantitative estimate of drug-likeness (QED) is 0.643. The first-order valence-electron chi connectivity index (χ1n) is 10.7. The van der Waals surface area contributed by atoms with Gasteiger partial charge in [0.2, 0.25) is 11.8 Å². The summed E-state index contributed by atoms with van der Waals surface area (Å²) in [6.45, 7) is 8.31. The lowest BCUT2D eigenvalue weighted by atomic mass is 9.77. The molecule has 0 saturated carbocycles. The number of hydrogen-bond donors (Lipinski definition) is 0. The molecule has 0 unspecified atom stereocenters. The fourth-order valence-corrected chi connectivity index (χ4v) is 4.14. The third-order valence-corrected chi connectivity index (χ3v) is 5.96. The van der Waals surface area contributed by atoms with Crippen LogP contribution in [0.25, 0.3) is 0 Å². The van der Waals surface area contributed by atoms with E-state index in [2.05, 4.69) is 31.9 Å². The highest BCUT2D eigenvalue weighted by molar-refractivity contribution is 6.04. The molecule has 0 aliphatic carbocycles. The molecule has 0 radical (unpaired) electrons. The van der Waals surface area contributed by atoms with E-state index < -0.39 is 0 Å². The summed E-state index contributed by atoms with van der Waals surface area (Å²) in [5.74, 6) is 0.238. The van der Waals surface area contributed by atoms with E-state index >= 15 is 0 Å². The van der Waals surface area contributed by atoms with E-state index in [1.54, 1.807) is 5.01 Å². The van der Waals surface area contributed by atoms with Crippen LogP contribution < -0.4 is 0 Å². The highest BCUT2D eigenvalue weighted by Crippen LogP contribution is 2.34. The normalized spacial score (nSPS) is 22.5. The van der Waals surface area contributed by atoms with Crippen molar-refractivity contribution in [2.75, 3.05) is 19.6 Å². The second-order valence-corrected chi connectivity index (χ2v) is 8.88. The van der Waals surface area contributed by atoms with Crippen LogP contribution in [0.3, 0.4) is 0 Å². The molecule has 5 nitrogen and oxygen atoms in total. The van der Waals surface area contributed by atoms with Crippen molar-refractivity contribution >= 4 is 17.5 Å². The van der Waals surface area contributed by atoms with Crippen molar-refractivity contribution in [2.24, 2.45) is 10.5 Å². The third kappa shape index (κ3) is 5.78. The number of nitrogens with zero attached hydrogens (tertiary/aromatic N) is 3. The standard InChI is InChI=1S/C24H33N3O2/c1-19(2)8-7-14-24(3)15-13-22(28)26(18-24)16-17-27-23(29)12-11-21(25-27)20-9-5-4-6-10-20/h4-6,8-10H,7,11-18H2,1-3H3/t24-/m0/s1. The largest absolute Gasteiger partial charge is 0.340 e. The Morgan fingerprint density at radius 3 is 2.55 bits per heavy atom. The van der Waals surface area contributed by atoms with E-state index in [9.17, 15) is 9.59 Å². The highest BCUT2D eigenvalue weighted by Gasteiger charge is 2.34. The predicted octanol–water partition coefficient (Wildman–Crippen LogP) is 4.39. The van der Waals surface area contributed by atoms with Gasteiger partial charge in [-0.15, -0.1) is 0 Å². The van der Waals surface area contributed by atoms with Gasteiger partial charge >= 0.3 is 0 Å². The van der Waals surface area contributed by atoms with Gasteiger partial charge in [-0.05, 0) is 44.1 Å². The minimum absolute atomic E-state index is 0.0421. The van der Waals surface area contributed by atoms with E-state index in [0.29, 0.717) is 32.4 Å². The lowest BCUT2D eigenvalue weighted by Crippen LogP contribution is -2.48. The SMILES string of the molecule is CC(C)=CCC[C@@]1(C)CCC(=O)N(CCN2N=C(c3ccccc3)CCC2=O)C1. The van der Waals surface area contributed by atoms with Gasteiger partial charge in [0.25, 0.3) is 0 Å². The average Bonchev–Trinajstić information content (AvgIpc) is 2.70. The van der Waals surface area contributed by atoms with Crippen LogP contribution in [0.4, 0.5) is 0 Å². The maximum absolute atomic E-state index is 12.5. The smallest absolute Gasteiger partial charge is 0.243 e. The van der Waals surface area contributed by atoms with Crippen molar-refractivity contribution in [1.29, 1.82) is 0 Å². The van der Waals surface area contributed by atoms with Crippen LogP contribution in [0, 0.1) is 5.41 Å². The summed E-state index contributed by atoms with van der Waals surface area (Å²) >= 11 is 0. The van der Waals surface area contributed by atoms with Crippen LogP contribution in [0.5, 0.6) is 0 Å². The molecule has 1 saturated heterocycles. The first-order valence-corrected chi connectivity index (χ1v) is 10.7. The first kappa shape index (κ1) is 21.3. The number of benzene rings is 1. The van der Waals surface area contributed by atoms with Crippen LogP contribution in [-0.2, 0) is 9.59 Å². The van der Waals surface area contributed by atoms with Crippen molar-refractivity contribution in [2.45, 2.75) is 59.3 Å². The molecular formula is C24H33N3O2. The van der Waals surface area contributed by atoms with Gasteiger partial charge in [-0.1, -0.05) is 48.9 Å². The van der Waals surface area contributed by atoms with Crippen molar-refractivity contribution in [3.05, 3.63) is 47.5 Å². The molecule has 3 rings (SSSR count). The molecule has 1 aromatic rings. The molecule has 1 aromatic carbocycles. The summed E-state index contributed by atoms with van der Waals surface area (Å²) in [4.78, 5) is 26.8. The highest BCUT2D eigenvalue weighted by atomic mass is 16.2. The Bertz CT molecular complexity index is 796. The minimum atomic E-state index is 0.0421. The molecule has 0 aromatic heterocycles. The van der Waals surface area contributed by atoms with E-state index in [1.807, 2.05) is 35.2 Å². The number of amides is 2. The van der Waals surface area contributed by atoms with Gasteiger partial charge in [-0.3, -0.25) is 9.59 Å². The van der Waals surface area contributed by atoms with Gasteiger partial charge in [0, 0.05) is 32.4 Å². The zero-order valence-corrected chi connectivity index (χ0v) is 18.0. The van der Waals surface area contributed by atoms with E-state index in [4.69, 9.17) is 0 Å². The number of rotatable bonds is 7. The molecule has 29 heavy (non-hydrogen) atoms. The molecule has 2 heterocycles. The Morgan fingerprint density at radius 2 is 1.83 bits per heavy atom. The van der Waals surface area contributed by atoms with Gasteiger partial charge in [0.1, 0.15) is 0 Å². The molecule has 0 spiro atoms. The molecule has 0 N–H and O–H groups in total. The van der Waals surface area contributed by atoms with Crippen LogP contribution in [0.1, 0.15) is 64.9 Å². The molecule has 0 bridgehead atoms. The number of hydrogen-bond acceptors (Lipinski definition) is 3. The van der Waals surface area contributed by atoms with Crippen LogP contribution in [0.2, 0.25) is 0 Å². The first-order chi connectivity index (χ1) is 13.9. The van der Waals surface area contributed by atoms with E-state index in [1.165, 1.54) is 5.57 Å². The molecule has 1 atom stereocenters. The minimum Gasteiger partial charge on any atom is -0.340 e. The molecule has 5 heteroatoms. The maximum Gasteiger partial charge on any atom is 0.243 e. The van der Waals surface area contributed by atoms with Gasteiger partial charge < -0.3 is 4.90 Å². The topological polar surface area (TPSA) is 53.0 Å². The Morgan fingerprint density at radius 1 is 1.07 bits per heavy atom. The summed E-state index contributed by atoms with van der Waals surface area (Å²) < 4.78 is 0. The Balaban J connectivity index is 1.61. The summed E-state index contributed by atoms with van der Waals surface area (Å²) in [5.41, 5.74) is 3.49. The molecule has 1 fully saturated rings. The van der Waals surface area contributed by atoms with Crippen molar-refractivity contribution in [3.63, 3.8) is 0 Å². The second-order valence-electron chi connectivity index (χ2n) is 8.88. The molecule has 2 amide bonds. The maximum atomic E-state index is 12.5. The van der Waals surface area contributed by atoms with Gasteiger partial charge in [0.05, 0.1) is 12.3 Å². The molecule has 156 valence electrons. The fraction of sp³-hybridized carbons (Fsp3) is 0.542. The Hall–Kier alpha value is -2.43. The van der Waals surface area contributed by atoms with Gasteiger partial charge in [0.15, 0.2) is 0 Å². The predicted molar refractivity (Wildman–Crippen MR) is 117 cm³/mol. The summed E-state index contributed by atoms with van der Waals surface area (Å²) in [7, 11) is 0. The number of allylic oxidation sites excluding steroid dienone is 2. The van der Waals surface area contributed by atoms with E-state index in [0.717, 1.165) is 37.1 Å². The number of piperidine rings is 1. The van der Waals surface area contributed by atoms with Crippen molar-refractivity contribution < 1.29 is 9.59 Å². The monoisotopic (exact) mass is 395 g/mol. The third-order valence-electron chi connectivity index (χ3n) is 5.96. The molecule has 2 aliphatic heterocycles. The summed E-state index contributed by atoms with van der Waals surface area (Å²) in [6, 6.07) is 10.0. The summed E-state index contributed by atoms with van der Waals surface area (Å²) in [5, 5.41) is 6.17. The van der Waals surface area contributed by atoms with Gasteiger partial charge in [-0.2, -0.15) is 5.10 Å². The average molecular weight is 396 g/mol. The van der Waals surface area contributed by atoms with Crippen LogP contribution in [-0.4, -0.2) is 47.1 Å². The van der Waals surface area contributed by atoms with Gasteiger partial charge in [-0.25, -0.2) is 5.01 Å². The van der Waals surface area contributed by atoms with Crippen LogP contribution in [0.15, 0.2) is 47.1 Å². The molecule has 2 aliphatic rings. The number of carbonyl (C=O) groups excluding carboxylic acids is 2. The zero-order chi connectivity index (χ0) is 20.9. The van der Waals surface area contributed by atoms with E-state index in [-0.39, 0.29) is 17.2 Å². The summed E-state index contributed by atoms with van der Waals surface area (Å²) in [6.07, 6.45) is 7.09. The fourth-order valence-electron chi connectivity index (χ4n) is 4.14.